The molecule has 1 aromatic carbocycles. The largest absolute Gasteiger partial charge is 0.497 e. The van der Waals surface area contributed by atoms with Crippen LogP contribution in [0.2, 0.25) is 0 Å². The Morgan fingerprint density at radius 2 is 1.87 bits per heavy atom. The van der Waals surface area contributed by atoms with Gasteiger partial charge in [0.25, 0.3) is 5.91 Å². The van der Waals surface area contributed by atoms with Crippen molar-refractivity contribution in [3.63, 3.8) is 0 Å². The average molecular weight is 409 g/mol. The summed E-state index contributed by atoms with van der Waals surface area (Å²) in [6, 6.07) is 11.5. The van der Waals surface area contributed by atoms with Crippen molar-refractivity contribution < 1.29 is 19.1 Å². The smallest absolute Gasteiger partial charge is 0.255 e. The van der Waals surface area contributed by atoms with Gasteiger partial charge in [-0.2, -0.15) is 0 Å². The number of hydrogen-bond donors (Lipinski definition) is 0. The molecule has 0 aliphatic carbocycles. The number of likely N-dealkylation sites (tertiary alicyclic amines) is 2. The molecule has 2 amide bonds. The molecule has 1 aromatic heterocycles. The summed E-state index contributed by atoms with van der Waals surface area (Å²) in [5, 5.41) is 0. The van der Waals surface area contributed by atoms with Crippen LogP contribution in [0.3, 0.4) is 0 Å². The zero-order valence-electron chi connectivity index (χ0n) is 17.4. The maximum absolute atomic E-state index is 12.8. The van der Waals surface area contributed by atoms with Crippen LogP contribution in [0.25, 0.3) is 0 Å². The topological polar surface area (TPSA) is 72.0 Å². The monoisotopic (exact) mass is 409 g/mol. The highest BCUT2D eigenvalue weighted by atomic mass is 16.5. The van der Waals surface area contributed by atoms with Crippen molar-refractivity contribution in [3.05, 3.63) is 59.9 Å². The fraction of sp³-hybridized carbons (Fsp3) is 0.435. The number of nitrogens with zero attached hydrogens (tertiary/aromatic N) is 3. The fourth-order valence-corrected chi connectivity index (χ4v) is 4.48. The van der Waals surface area contributed by atoms with Crippen molar-refractivity contribution in [3.8, 4) is 5.75 Å². The van der Waals surface area contributed by atoms with Gasteiger partial charge in [0.05, 0.1) is 19.6 Å². The number of amides is 2. The van der Waals surface area contributed by atoms with Crippen LogP contribution in [0.4, 0.5) is 0 Å². The van der Waals surface area contributed by atoms with Crippen molar-refractivity contribution in [1.82, 2.24) is 14.8 Å². The summed E-state index contributed by atoms with van der Waals surface area (Å²) < 4.78 is 10.7. The number of pyridine rings is 1. The first-order valence-corrected chi connectivity index (χ1v) is 10.3. The lowest BCUT2D eigenvalue weighted by Gasteiger charge is -2.52. The summed E-state index contributed by atoms with van der Waals surface area (Å²) in [6.45, 7) is 1.30. The number of aromatic nitrogens is 1. The van der Waals surface area contributed by atoms with Gasteiger partial charge >= 0.3 is 0 Å². The van der Waals surface area contributed by atoms with Crippen molar-refractivity contribution in [1.29, 1.82) is 0 Å². The molecule has 0 N–H and O–H groups in total. The van der Waals surface area contributed by atoms with Gasteiger partial charge in [0.1, 0.15) is 5.75 Å². The van der Waals surface area contributed by atoms with E-state index < -0.39 is 6.10 Å². The summed E-state index contributed by atoms with van der Waals surface area (Å²) in [6.07, 6.45) is 4.93. The Bertz CT molecular complexity index is 896. The van der Waals surface area contributed by atoms with E-state index in [1.807, 2.05) is 46.2 Å². The first kappa shape index (κ1) is 20.3. The zero-order valence-corrected chi connectivity index (χ0v) is 17.4. The van der Waals surface area contributed by atoms with Gasteiger partial charge < -0.3 is 19.3 Å². The number of piperidine rings is 1. The molecule has 158 valence electrons. The SMILES string of the molecule is COc1cccc(CC(=O)N2CCC(N3C(=O)C(OC)C3c3ccncc3)CC2)c1. The third-order valence-corrected chi connectivity index (χ3v) is 6.09. The molecule has 30 heavy (non-hydrogen) atoms. The molecule has 0 bridgehead atoms. The number of carbonyl (C=O) groups excluding carboxylic acids is 2. The van der Waals surface area contributed by atoms with Crippen molar-refractivity contribution in [2.45, 2.75) is 37.5 Å². The first-order chi connectivity index (χ1) is 14.6. The number of rotatable bonds is 6. The Labute approximate surface area is 176 Å². The number of benzene rings is 1. The molecule has 2 aromatic rings. The van der Waals surface area contributed by atoms with Crippen LogP contribution in [0.5, 0.6) is 5.75 Å². The maximum atomic E-state index is 12.8. The normalized spacial score (nSPS) is 22.0. The van der Waals surface area contributed by atoms with E-state index in [0.717, 1.165) is 29.7 Å². The second-order valence-electron chi connectivity index (χ2n) is 7.77. The maximum Gasteiger partial charge on any atom is 0.255 e. The summed E-state index contributed by atoms with van der Waals surface area (Å²) in [7, 11) is 3.20. The third-order valence-electron chi connectivity index (χ3n) is 6.09. The molecule has 4 rings (SSSR count). The van der Waals surface area contributed by atoms with E-state index in [-0.39, 0.29) is 23.9 Å². The molecule has 3 heterocycles. The Balaban J connectivity index is 1.37. The van der Waals surface area contributed by atoms with E-state index in [4.69, 9.17) is 9.47 Å². The lowest BCUT2D eigenvalue weighted by atomic mass is 9.86. The van der Waals surface area contributed by atoms with E-state index >= 15 is 0 Å². The molecule has 0 spiro atoms. The van der Waals surface area contributed by atoms with Gasteiger partial charge in [-0.1, -0.05) is 12.1 Å². The van der Waals surface area contributed by atoms with Crippen LogP contribution < -0.4 is 4.74 Å². The molecule has 0 radical (unpaired) electrons. The number of β-lactam (4-membered cyclic amide) rings is 1. The molecule has 7 heteroatoms. The number of hydrogen-bond acceptors (Lipinski definition) is 5. The minimum Gasteiger partial charge on any atom is -0.497 e. The van der Waals surface area contributed by atoms with E-state index in [1.165, 1.54) is 0 Å². The van der Waals surface area contributed by atoms with Crippen molar-refractivity contribution >= 4 is 11.8 Å². The van der Waals surface area contributed by atoms with Crippen molar-refractivity contribution in [2.24, 2.45) is 0 Å². The van der Waals surface area contributed by atoms with Gasteiger partial charge in [-0.05, 0) is 48.2 Å². The van der Waals surface area contributed by atoms with Crippen LogP contribution in [-0.2, 0) is 20.7 Å². The molecule has 7 nitrogen and oxygen atoms in total. The van der Waals surface area contributed by atoms with E-state index in [2.05, 4.69) is 4.98 Å². The standard InChI is InChI=1S/C23H27N3O4/c1-29-19-5-3-4-16(14-19)15-20(27)25-12-8-18(9-13-25)26-21(22(30-2)23(26)28)17-6-10-24-11-7-17/h3-7,10-11,14,18,21-22H,8-9,12-13,15H2,1-2H3. The van der Waals surface area contributed by atoms with Gasteiger partial charge in [0.15, 0.2) is 6.10 Å². The Morgan fingerprint density at radius 1 is 1.13 bits per heavy atom. The summed E-state index contributed by atoms with van der Waals surface area (Å²) in [5.74, 6) is 0.891. The summed E-state index contributed by atoms with van der Waals surface area (Å²) in [5.41, 5.74) is 1.98. The highest BCUT2D eigenvalue weighted by Gasteiger charge is 2.51. The molecule has 2 unspecified atom stereocenters. The summed E-state index contributed by atoms with van der Waals surface area (Å²) >= 11 is 0. The number of methoxy groups -OCH3 is 2. The predicted molar refractivity (Wildman–Crippen MR) is 111 cm³/mol. The van der Waals surface area contributed by atoms with Gasteiger partial charge in [-0.25, -0.2) is 0 Å². The molecular weight excluding hydrogens is 382 g/mol. The van der Waals surface area contributed by atoms with Gasteiger partial charge in [0.2, 0.25) is 5.91 Å². The van der Waals surface area contributed by atoms with Crippen molar-refractivity contribution in [2.75, 3.05) is 27.3 Å². The predicted octanol–water partition coefficient (Wildman–Crippen LogP) is 2.22. The summed E-state index contributed by atoms with van der Waals surface area (Å²) in [4.78, 5) is 33.3. The molecular formula is C23H27N3O4. The Kier molecular flexibility index (Phi) is 5.99. The lowest BCUT2D eigenvalue weighted by Crippen LogP contribution is -2.64. The second kappa shape index (κ2) is 8.83. The van der Waals surface area contributed by atoms with E-state index in [0.29, 0.717) is 19.5 Å². The number of ether oxygens (including phenoxy) is 2. The van der Waals surface area contributed by atoms with Crippen LogP contribution in [0.1, 0.15) is 30.0 Å². The van der Waals surface area contributed by atoms with Gasteiger partial charge in [0, 0.05) is 38.6 Å². The molecule has 2 fully saturated rings. The molecule has 2 atom stereocenters. The Morgan fingerprint density at radius 3 is 2.53 bits per heavy atom. The molecule has 2 saturated heterocycles. The third kappa shape index (κ3) is 3.89. The van der Waals surface area contributed by atoms with Gasteiger partial charge in [-0.15, -0.1) is 0 Å². The van der Waals surface area contributed by atoms with E-state index in [9.17, 15) is 9.59 Å². The van der Waals surface area contributed by atoms with E-state index in [1.54, 1.807) is 26.6 Å². The molecule has 2 aliphatic heterocycles. The second-order valence-corrected chi connectivity index (χ2v) is 7.77. The van der Waals surface area contributed by atoms with Gasteiger partial charge in [-0.3, -0.25) is 14.6 Å². The van der Waals surface area contributed by atoms with Crippen LogP contribution in [-0.4, -0.2) is 66.1 Å². The first-order valence-electron chi connectivity index (χ1n) is 10.3. The highest BCUT2D eigenvalue weighted by Crippen LogP contribution is 2.40. The fourth-order valence-electron chi connectivity index (χ4n) is 4.48. The van der Waals surface area contributed by atoms with Crippen LogP contribution in [0, 0.1) is 0 Å². The number of carbonyl (C=O) groups is 2. The minimum atomic E-state index is -0.444. The lowest BCUT2D eigenvalue weighted by molar-refractivity contribution is -0.178. The zero-order chi connectivity index (χ0) is 21.1. The molecule has 0 saturated carbocycles. The average Bonchev–Trinajstić information content (AvgIpc) is 2.78. The quantitative estimate of drug-likeness (QED) is 0.684. The van der Waals surface area contributed by atoms with Crippen LogP contribution in [0.15, 0.2) is 48.8 Å². The minimum absolute atomic E-state index is 0.0282. The Hall–Kier alpha value is -2.93. The van der Waals surface area contributed by atoms with Crippen LogP contribution >= 0.6 is 0 Å². The highest BCUT2D eigenvalue weighted by molar-refractivity contribution is 5.89. The molecule has 2 aliphatic rings.